The average Bonchev–Trinajstić information content (AvgIpc) is 2.99. The number of carbonyl (C=O) groups excluding carboxylic acids is 2. The van der Waals surface area contributed by atoms with Crippen LogP contribution < -0.4 is 20.1 Å². The van der Waals surface area contributed by atoms with Crippen molar-refractivity contribution in [1.82, 2.24) is 10.6 Å². The van der Waals surface area contributed by atoms with Crippen molar-refractivity contribution < 1.29 is 23.8 Å². The highest BCUT2D eigenvalue weighted by atomic mass is 16.7. The fraction of sp³-hybridized carbons (Fsp3) is 0.500. The molecule has 0 spiro atoms. The van der Waals surface area contributed by atoms with Crippen molar-refractivity contribution in [2.45, 2.75) is 32.9 Å². The first-order valence-corrected chi connectivity index (χ1v) is 7.62. The van der Waals surface area contributed by atoms with Crippen LogP contribution in [0.15, 0.2) is 18.2 Å². The van der Waals surface area contributed by atoms with E-state index in [4.69, 9.17) is 14.2 Å². The maximum Gasteiger partial charge on any atom is 0.309 e. The van der Waals surface area contributed by atoms with Gasteiger partial charge in [-0.2, -0.15) is 0 Å². The summed E-state index contributed by atoms with van der Waals surface area (Å²) in [6.45, 7) is 5.30. The van der Waals surface area contributed by atoms with Gasteiger partial charge >= 0.3 is 11.8 Å². The molecule has 0 aliphatic carbocycles. The molecule has 0 aromatic heterocycles. The van der Waals surface area contributed by atoms with Crippen LogP contribution in [0.25, 0.3) is 0 Å². The van der Waals surface area contributed by atoms with Crippen LogP contribution >= 0.6 is 0 Å². The van der Waals surface area contributed by atoms with Gasteiger partial charge in [0.15, 0.2) is 11.5 Å². The number of ether oxygens (including phenoxy) is 3. The first-order chi connectivity index (χ1) is 11.1. The number of nitrogens with one attached hydrogen (secondary N) is 2. The van der Waals surface area contributed by atoms with E-state index in [2.05, 4.69) is 10.6 Å². The lowest BCUT2D eigenvalue weighted by Crippen LogP contribution is -2.40. The molecule has 2 amide bonds. The third kappa shape index (κ3) is 5.45. The van der Waals surface area contributed by atoms with E-state index in [1.165, 1.54) is 0 Å². The van der Waals surface area contributed by atoms with Gasteiger partial charge in [-0.3, -0.25) is 9.59 Å². The molecule has 126 valence electrons. The molecule has 2 rings (SSSR count). The molecule has 0 unspecified atom stereocenters. The zero-order valence-corrected chi connectivity index (χ0v) is 13.4. The smallest absolute Gasteiger partial charge is 0.309 e. The Kier molecular flexibility index (Phi) is 6.22. The molecule has 1 aromatic carbocycles. The SMILES string of the molecule is CC(C)OCCCNC(=O)C(=O)NCc1ccc2c(c1)OCO2. The molecule has 7 heteroatoms. The molecule has 0 radical (unpaired) electrons. The Morgan fingerprint density at radius 3 is 2.70 bits per heavy atom. The number of hydrogen-bond acceptors (Lipinski definition) is 5. The summed E-state index contributed by atoms with van der Waals surface area (Å²) >= 11 is 0. The molecule has 23 heavy (non-hydrogen) atoms. The van der Waals surface area contributed by atoms with Crippen molar-refractivity contribution in [3.8, 4) is 11.5 Å². The quantitative estimate of drug-likeness (QED) is 0.577. The van der Waals surface area contributed by atoms with Gasteiger partial charge in [-0.15, -0.1) is 0 Å². The Balaban J connectivity index is 1.67. The van der Waals surface area contributed by atoms with E-state index >= 15 is 0 Å². The van der Waals surface area contributed by atoms with Crippen LogP contribution in [0.1, 0.15) is 25.8 Å². The van der Waals surface area contributed by atoms with Gasteiger partial charge < -0.3 is 24.8 Å². The largest absolute Gasteiger partial charge is 0.454 e. The molecular formula is C16H22N2O5. The Morgan fingerprint density at radius 1 is 1.17 bits per heavy atom. The predicted octanol–water partition coefficient (Wildman–Crippen LogP) is 0.963. The number of carbonyl (C=O) groups is 2. The van der Waals surface area contributed by atoms with Crippen molar-refractivity contribution >= 4 is 11.8 Å². The van der Waals surface area contributed by atoms with Crippen LogP contribution in [-0.4, -0.2) is 37.9 Å². The monoisotopic (exact) mass is 322 g/mol. The molecule has 1 heterocycles. The highest BCUT2D eigenvalue weighted by Gasteiger charge is 2.15. The summed E-state index contributed by atoms with van der Waals surface area (Å²) < 4.78 is 15.8. The summed E-state index contributed by atoms with van der Waals surface area (Å²) in [5, 5.41) is 5.13. The third-order valence-corrected chi connectivity index (χ3v) is 3.15. The third-order valence-electron chi connectivity index (χ3n) is 3.15. The van der Waals surface area contributed by atoms with E-state index in [-0.39, 0.29) is 19.4 Å². The van der Waals surface area contributed by atoms with E-state index in [1.54, 1.807) is 12.1 Å². The number of fused-ring (bicyclic) bond motifs is 1. The summed E-state index contributed by atoms with van der Waals surface area (Å²) in [4.78, 5) is 23.4. The van der Waals surface area contributed by atoms with E-state index in [1.807, 2.05) is 19.9 Å². The van der Waals surface area contributed by atoms with Gasteiger partial charge in [-0.05, 0) is 38.0 Å². The lowest BCUT2D eigenvalue weighted by molar-refractivity contribution is -0.139. The second-order valence-electron chi connectivity index (χ2n) is 5.40. The second-order valence-corrected chi connectivity index (χ2v) is 5.40. The first kappa shape index (κ1) is 17.1. The van der Waals surface area contributed by atoms with Crippen LogP contribution in [0.4, 0.5) is 0 Å². The Morgan fingerprint density at radius 2 is 1.91 bits per heavy atom. The Hall–Kier alpha value is -2.28. The average molecular weight is 322 g/mol. The van der Waals surface area contributed by atoms with Crippen molar-refractivity contribution in [2.75, 3.05) is 19.9 Å². The molecular weight excluding hydrogens is 300 g/mol. The lowest BCUT2D eigenvalue weighted by atomic mass is 10.2. The number of hydrogen-bond donors (Lipinski definition) is 2. The first-order valence-electron chi connectivity index (χ1n) is 7.62. The van der Waals surface area contributed by atoms with Gasteiger partial charge in [0.05, 0.1) is 6.10 Å². The molecule has 1 aromatic rings. The summed E-state index contributed by atoms with van der Waals surface area (Å²) in [5.41, 5.74) is 0.834. The van der Waals surface area contributed by atoms with Crippen molar-refractivity contribution in [3.63, 3.8) is 0 Å². The van der Waals surface area contributed by atoms with Gasteiger partial charge in [0.1, 0.15) is 0 Å². The molecule has 0 saturated carbocycles. The minimum atomic E-state index is -0.660. The summed E-state index contributed by atoms with van der Waals surface area (Å²) in [6, 6.07) is 5.37. The Labute approximate surface area is 135 Å². The second kappa shape index (κ2) is 8.38. The van der Waals surface area contributed by atoms with Gasteiger partial charge in [-0.25, -0.2) is 0 Å². The van der Waals surface area contributed by atoms with Crippen LogP contribution in [0.2, 0.25) is 0 Å². The molecule has 0 atom stereocenters. The van der Waals surface area contributed by atoms with Crippen molar-refractivity contribution in [2.24, 2.45) is 0 Å². The van der Waals surface area contributed by atoms with Crippen LogP contribution in [0.5, 0.6) is 11.5 Å². The number of benzene rings is 1. The molecule has 1 aliphatic heterocycles. The molecule has 0 fully saturated rings. The molecule has 0 bridgehead atoms. The number of rotatable bonds is 7. The molecule has 2 N–H and O–H groups in total. The summed E-state index contributed by atoms with van der Waals surface area (Å²) in [7, 11) is 0. The normalized spacial score (nSPS) is 12.3. The van der Waals surface area contributed by atoms with E-state index < -0.39 is 11.8 Å². The summed E-state index contributed by atoms with van der Waals surface area (Å²) in [5.74, 6) is 0.0236. The highest BCUT2D eigenvalue weighted by molar-refractivity contribution is 6.35. The zero-order chi connectivity index (χ0) is 16.7. The fourth-order valence-corrected chi connectivity index (χ4v) is 1.99. The van der Waals surface area contributed by atoms with Gasteiger partial charge in [-0.1, -0.05) is 6.07 Å². The minimum absolute atomic E-state index is 0.163. The van der Waals surface area contributed by atoms with Crippen molar-refractivity contribution in [3.05, 3.63) is 23.8 Å². The Bertz CT molecular complexity index is 559. The van der Waals surface area contributed by atoms with Crippen molar-refractivity contribution in [1.29, 1.82) is 0 Å². The van der Waals surface area contributed by atoms with E-state index in [9.17, 15) is 9.59 Å². The summed E-state index contributed by atoms with van der Waals surface area (Å²) in [6.07, 6.45) is 0.829. The maximum atomic E-state index is 11.7. The van der Waals surface area contributed by atoms with E-state index in [0.717, 1.165) is 5.56 Å². The van der Waals surface area contributed by atoms with Crippen LogP contribution in [0.3, 0.4) is 0 Å². The highest BCUT2D eigenvalue weighted by Crippen LogP contribution is 2.32. The van der Waals surface area contributed by atoms with Crippen LogP contribution in [0, 0.1) is 0 Å². The number of amides is 2. The topological polar surface area (TPSA) is 85.9 Å². The van der Waals surface area contributed by atoms with E-state index in [0.29, 0.717) is 31.1 Å². The zero-order valence-electron chi connectivity index (χ0n) is 13.4. The molecule has 7 nitrogen and oxygen atoms in total. The maximum absolute atomic E-state index is 11.7. The predicted molar refractivity (Wildman–Crippen MR) is 83.1 cm³/mol. The van der Waals surface area contributed by atoms with Gasteiger partial charge in [0.25, 0.3) is 0 Å². The molecule has 1 aliphatic rings. The standard InChI is InChI=1S/C16H22N2O5/c1-11(2)21-7-3-6-17-15(19)16(20)18-9-12-4-5-13-14(8-12)23-10-22-13/h4-5,8,11H,3,6-7,9-10H2,1-2H3,(H,17,19)(H,18,20). The minimum Gasteiger partial charge on any atom is -0.454 e. The van der Waals surface area contributed by atoms with Crippen LogP contribution in [-0.2, 0) is 20.9 Å². The molecule has 0 saturated heterocycles. The van der Waals surface area contributed by atoms with Gasteiger partial charge in [0.2, 0.25) is 6.79 Å². The lowest BCUT2D eigenvalue weighted by Gasteiger charge is -2.09. The van der Waals surface area contributed by atoms with Gasteiger partial charge in [0, 0.05) is 19.7 Å². The fourth-order valence-electron chi connectivity index (χ4n) is 1.99.